The minimum atomic E-state index is 0.824. The molecule has 2 nitrogen and oxygen atoms in total. The van der Waals surface area contributed by atoms with Crippen molar-refractivity contribution in [3.8, 4) is 0 Å². The summed E-state index contributed by atoms with van der Waals surface area (Å²) in [6, 6.07) is 7.35. The van der Waals surface area contributed by atoms with Crippen LogP contribution in [0.4, 0.5) is 0 Å². The number of nitrogens with one attached hydrogen (secondary N) is 1. The van der Waals surface area contributed by atoms with Gasteiger partial charge in [0.1, 0.15) is 0 Å². The lowest BCUT2D eigenvalue weighted by atomic mass is 9.97. The molecule has 1 saturated carbocycles. The molecule has 1 aliphatic heterocycles. The summed E-state index contributed by atoms with van der Waals surface area (Å²) in [6.45, 7) is 6.78. The summed E-state index contributed by atoms with van der Waals surface area (Å²) >= 11 is 6.26. The van der Waals surface area contributed by atoms with E-state index in [1.54, 1.807) is 0 Å². The molecule has 0 radical (unpaired) electrons. The Bertz CT molecular complexity index is 450. The van der Waals surface area contributed by atoms with Crippen LogP contribution in [0.5, 0.6) is 0 Å². The van der Waals surface area contributed by atoms with Crippen LogP contribution in [0.2, 0.25) is 5.02 Å². The van der Waals surface area contributed by atoms with Gasteiger partial charge in [0.05, 0.1) is 0 Å². The zero-order valence-corrected chi connectivity index (χ0v) is 13.1. The summed E-state index contributed by atoms with van der Waals surface area (Å²) in [6.07, 6.45) is 5.42. The van der Waals surface area contributed by atoms with E-state index in [4.69, 9.17) is 11.6 Å². The maximum atomic E-state index is 6.26. The van der Waals surface area contributed by atoms with Crippen LogP contribution in [-0.4, -0.2) is 30.6 Å². The molecule has 1 N–H and O–H groups in total. The minimum Gasteiger partial charge on any atom is -0.317 e. The van der Waals surface area contributed by atoms with Gasteiger partial charge >= 0.3 is 0 Å². The summed E-state index contributed by atoms with van der Waals surface area (Å²) in [5, 5.41) is 4.36. The number of hydrogen-bond donors (Lipinski definition) is 1. The van der Waals surface area contributed by atoms with Crippen molar-refractivity contribution in [1.29, 1.82) is 0 Å². The SMILES string of the molecule is Cc1ccc(CN(CC2CCNCC2)C2CC2)cc1Cl. The topological polar surface area (TPSA) is 15.3 Å². The number of piperidine rings is 1. The molecule has 1 aliphatic carbocycles. The van der Waals surface area contributed by atoms with Crippen LogP contribution in [-0.2, 0) is 6.54 Å². The molecular weight excluding hydrogens is 268 g/mol. The molecule has 3 heteroatoms. The van der Waals surface area contributed by atoms with Crippen LogP contribution in [0.25, 0.3) is 0 Å². The average Bonchev–Trinajstić information content (AvgIpc) is 3.28. The van der Waals surface area contributed by atoms with Crippen molar-refractivity contribution in [3.05, 3.63) is 34.3 Å². The predicted molar refractivity (Wildman–Crippen MR) is 85.2 cm³/mol. The molecular formula is C17H25ClN2. The van der Waals surface area contributed by atoms with Gasteiger partial charge in [-0.3, -0.25) is 4.90 Å². The van der Waals surface area contributed by atoms with Crippen LogP contribution < -0.4 is 5.32 Å². The Labute approximate surface area is 127 Å². The second-order valence-corrected chi connectivity index (χ2v) is 6.84. The molecule has 0 amide bonds. The fourth-order valence-corrected chi connectivity index (χ4v) is 3.35. The Balaban J connectivity index is 1.62. The highest BCUT2D eigenvalue weighted by Crippen LogP contribution is 2.31. The van der Waals surface area contributed by atoms with E-state index in [0.717, 1.165) is 23.5 Å². The fourth-order valence-electron chi connectivity index (χ4n) is 3.15. The van der Waals surface area contributed by atoms with E-state index in [9.17, 15) is 0 Å². The van der Waals surface area contributed by atoms with E-state index in [-0.39, 0.29) is 0 Å². The van der Waals surface area contributed by atoms with E-state index in [1.807, 2.05) is 0 Å². The fraction of sp³-hybridized carbons (Fsp3) is 0.647. The third-order valence-electron chi connectivity index (χ3n) is 4.64. The van der Waals surface area contributed by atoms with Crippen molar-refractivity contribution in [2.75, 3.05) is 19.6 Å². The molecule has 20 heavy (non-hydrogen) atoms. The van der Waals surface area contributed by atoms with Gasteiger partial charge in [-0.2, -0.15) is 0 Å². The predicted octanol–water partition coefficient (Wildman–Crippen LogP) is 3.61. The van der Waals surface area contributed by atoms with Crippen LogP contribution in [0.3, 0.4) is 0 Å². The van der Waals surface area contributed by atoms with E-state index in [0.29, 0.717) is 0 Å². The number of hydrogen-bond acceptors (Lipinski definition) is 2. The maximum absolute atomic E-state index is 6.26. The van der Waals surface area contributed by atoms with Crippen molar-refractivity contribution in [2.45, 2.75) is 45.2 Å². The zero-order valence-electron chi connectivity index (χ0n) is 12.4. The lowest BCUT2D eigenvalue weighted by Gasteiger charge is -2.30. The molecule has 110 valence electrons. The highest BCUT2D eigenvalue weighted by Gasteiger charge is 2.30. The molecule has 1 saturated heterocycles. The molecule has 0 bridgehead atoms. The van der Waals surface area contributed by atoms with Crippen molar-refractivity contribution in [3.63, 3.8) is 0 Å². The second-order valence-electron chi connectivity index (χ2n) is 6.44. The third kappa shape index (κ3) is 3.75. The van der Waals surface area contributed by atoms with Crippen molar-refractivity contribution in [1.82, 2.24) is 10.2 Å². The highest BCUT2D eigenvalue weighted by atomic mass is 35.5. The van der Waals surface area contributed by atoms with Crippen LogP contribution in [0.1, 0.15) is 36.8 Å². The monoisotopic (exact) mass is 292 g/mol. The van der Waals surface area contributed by atoms with Gasteiger partial charge in [0, 0.05) is 24.2 Å². The summed E-state index contributed by atoms with van der Waals surface area (Å²) < 4.78 is 0. The third-order valence-corrected chi connectivity index (χ3v) is 5.04. The van der Waals surface area contributed by atoms with Gasteiger partial charge in [-0.25, -0.2) is 0 Å². The number of halogens is 1. The number of benzene rings is 1. The molecule has 3 rings (SSSR count). The Morgan fingerprint density at radius 2 is 1.95 bits per heavy atom. The van der Waals surface area contributed by atoms with E-state index < -0.39 is 0 Å². The van der Waals surface area contributed by atoms with Gasteiger partial charge in [-0.15, -0.1) is 0 Å². The maximum Gasteiger partial charge on any atom is 0.0438 e. The van der Waals surface area contributed by atoms with Crippen molar-refractivity contribution >= 4 is 11.6 Å². The van der Waals surface area contributed by atoms with Crippen molar-refractivity contribution in [2.24, 2.45) is 5.92 Å². The number of rotatable bonds is 5. The standard InChI is InChI=1S/C17H25ClN2/c1-13-2-3-15(10-17(13)18)12-20(16-4-5-16)11-14-6-8-19-9-7-14/h2-3,10,14,16,19H,4-9,11-12H2,1H3. The largest absolute Gasteiger partial charge is 0.317 e. The first-order chi connectivity index (χ1) is 9.72. The van der Waals surface area contributed by atoms with E-state index in [2.05, 4.69) is 35.3 Å². The van der Waals surface area contributed by atoms with Gasteiger partial charge in [0.25, 0.3) is 0 Å². The summed E-state index contributed by atoms with van der Waals surface area (Å²) in [4.78, 5) is 2.69. The molecule has 2 aliphatic rings. The second kappa shape index (κ2) is 6.46. The van der Waals surface area contributed by atoms with Gasteiger partial charge in [-0.1, -0.05) is 23.7 Å². The lowest BCUT2D eigenvalue weighted by molar-refractivity contribution is 0.190. The van der Waals surface area contributed by atoms with Crippen LogP contribution in [0, 0.1) is 12.8 Å². The molecule has 1 aromatic rings. The van der Waals surface area contributed by atoms with Crippen molar-refractivity contribution < 1.29 is 0 Å². The Morgan fingerprint density at radius 3 is 2.60 bits per heavy atom. The van der Waals surface area contributed by atoms with E-state index >= 15 is 0 Å². The highest BCUT2D eigenvalue weighted by molar-refractivity contribution is 6.31. The molecule has 0 atom stereocenters. The number of aryl methyl sites for hydroxylation is 1. The summed E-state index contributed by atoms with van der Waals surface area (Å²) in [5.41, 5.74) is 2.54. The van der Waals surface area contributed by atoms with Gasteiger partial charge in [-0.05, 0) is 68.8 Å². The Kier molecular flexibility index (Phi) is 4.65. The molecule has 1 aromatic carbocycles. The summed E-state index contributed by atoms with van der Waals surface area (Å²) in [7, 11) is 0. The normalized spacial score (nSPS) is 20.6. The Morgan fingerprint density at radius 1 is 1.20 bits per heavy atom. The van der Waals surface area contributed by atoms with Crippen LogP contribution >= 0.6 is 11.6 Å². The number of nitrogens with zero attached hydrogens (tertiary/aromatic N) is 1. The minimum absolute atomic E-state index is 0.824. The van der Waals surface area contributed by atoms with E-state index in [1.165, 1.54) is 56.4 Å². The summed E-state index contributed by atoms with van der Waals surface area (Å²) in [5.74, 6) is 0.873. The average molecular weight is 293 g/mol. The molecule has 0 unspecified atom stereocenters. The lowest BCUT2D eigenvalue weighted by Crippen LogP contribution is -2.37. The first kappa shape index (κ1) is 14.4. The quantitative estimate of drug-likeness (QED) is 0.892. The zero-order chi connectivity index (χ0) is 13.9. The van der Waals surface area contributed by atoms with Gasteiger partial charge < -0.3 is 5.32 Å². The Hall–Kier alpha value is -0.570. The molecule has 2 fully saturated rings. The van der Waals surface area contributed by atoms with Crippen LogP contribution in [0.15, 0.2) is 18.2 Å². The first-order valence-electron chi connectivity index (χ1n) is 7.92. The van der Waals surface area contributed by atoms with Gasteiger partial charge in [0.15, 0.2) is 0 Å². The molecule has 1 heterocycles. The van der Waals surface area contributed by atoms with Gasteiger partial charge in [0.2, 0.25) is 0 Å². The smallest absolute Gasteiger partial charge is 0.0438 e. The first-order valence-corrected chi connectivity index (χ1v) is 8.30. The molecule has 0 aromatic heterocycles. The molecule has 0 spiro atoms.